The van der Waals surface area contributed by atoms with E-state index in [1.54, 1.807) is 0 Å². The van der Waals surface area contributed by atoms with Crippen molar-refractivity contribution in [2.24, 2.45) is 0 Å². The maximum Gasteiger partial charge on any atom is 0.0463 e. The van der Waals surface area contributed by atoms with Gasteiger partial charge in [0.1, 0.15) is 0 Å². The molecule has 0 aliphatic carbocycles. The van der Waals surface area contributed by atoms with E-state index in [9.17, 15) is 0 Å². The van der Waals surface area contributed by atoms with Crippen LogP contribution < -0.4 is 5.32 Å². The third kappa shape index (κ3) is 4.17. The van der Waals surface area contributed by atoms with Crippen molar-refractivity contribution in [3.63, 3.8) is 0 Å². The van der Waals surface area contributed by atoms with Gasteiger partial charge in [-0.25, -0.2) is 0 Å². The van der Waals surface area contributed by atoms with Crippen molar-refractivity contribution in [3.8, 4) is 0 Å². The minimum Gasteiger partial charge on any atom is -0.355 e. The van der Waals surface area contributed by atoms with Gasteiger partial charge in [0.2, 0.25) is 0 Å². The van der Waals surface area contributed by atoms with Crippen molar-refractivity contribution < 1.29 is 0 Å². The van der Waals surface area contributed by atoms with E-state index in [-0.39, 0.29) is 0 Å². The molecule has 0 aliphatic rings. The lowest BCUT2D eigenvalue weighted by atomic mass is 10.0. The van der Waals surface area contributed by atoms with E-state index in [2.05, 4.69) is 79.0 Å². The number of benzene rings is 3. The molecule has 0 unspecified atom stereocenters. The summed E-state index contributed by atoms with van der Waals surface area (Å²) in [5.41, 5.74) is 3.85. The Morgan fingerprint density at radius 1 is 0.667 bits per heavy atom. The Labute approximate surface area is 145 Å². The molecule has 0 aliphatic heterocycles. The summed E-state index contributed by atoms with van der Waals surface area (Å²) in [7, 11) is 0. The lowest BCUT2D eigenvalue weighted by Crippen LogP contribution is -1.97. The molecule has 0 saturated carbocycles. The highest BCUT2D eigenvalue weighted by molar-refractivity contribution is 5.95. The maximum absolute atomic E-state index is 3.67. The normalized spacial score (nSPS) is 10.9. The highest BCUT2D eigenvalue weighted by Gasteiger charge is 2.05. The maximum atomic E-state index is 3.67. The van der Waals surface area contributed by atoms with Gasteiger partial charge in [-0.3, -0.25) is 0 Å². The van der Waals surface area contributed by atoms with Crippen molar-refractivity contribution >= 4 is 22.1 Å². The van der Waals surface area contributed by atoms with Gasteiger partial charge in [0.25, 0.3) is 0 Å². The second-order valence-electron chi connectivity index (χ2n) is 6.47. The molecular weight excluding hydrogens is 290 g/mol. The van der Waals surface area contributed by atoms with Gasteiger partial charge in [0.05, 0.1) is 0 Å². The van der Waals surface area contributed by atoms with E-state index in [0.717, 1.165) is 6.42 Å². The predicted molar refractivity (Wildman–Crippen MR) is 106 cm³/mol. The fourth-order valence-corrected chi connectivity index (χ4v) is 3.26. The number of hydrogen-bond acceptors (Lipinski definition) is 1. The third-order valence-electron chi connectivity index (χ3n) is 4.63. The molecule has 124 valence electrons. The molecule has 1 nitrogen and oxygen atoms in total. The number of aryl methyl sites for hydroxylation is 1. The Morgan fingerprint density at radius 2 is 1.38 bits per heavy atom. The number of unbranched alkanes of at least 4 members (excludes halogenated alkanes) is 4. The molecule has 3 aromatic carbocycles. The number of hydrogen-bond donors (Lipinski definition) is 1. The van der Waals surface area contributed by atoms with Gasteiger partial charge in [-0.05, 0) is 35.9 Å². The van der Waals surface area contributed by atoms with Crippen LogP contribution in [0, 0.1) is 0 Å². The second kappa shape index (κ2) is 8.54. The van der Waals surface area contributed by atoms with Gasteiger partial charge in [-0.1, -0.05) is 87.2 Å². The summed E-state index contributed by atoms with van der Waals surface area (Å²) in [6.07, 6.45) is 7.77. The van der Waals surface area contributed by atoms with Crippen LogP contribution in [-0.4, -0.2) is 0 Å². The third-order valence-corrected chi connectivity index (χ3v) is 4.63. The van der Waals surface area contributed by atoms with E-state index in [1.165, 1.54) is 59.8 Å². The fraction of sp³-hybridized carbons (Fsp3) is 0.304. The van der Waals surface area contributed by atoms with Gasteiger partial charge in [-0.2, -0.15) is 0 Å². The summed E-state index contributed by atoms with van der Waals surface area (Å²) in [4.78, 5) is 0. The van der Waals surface area contributed by atoms with Crippen LogP contribution in [0.1, 0.15) is 44.6 Å². The molecule has 3 aromatic rings. The smallest absolute Gasteiger partial charge is 0.0463 e. The molecule has 0 radical (unpaired) electrons. The summed E-state index contributed by atoms with van der Waals surface area (Å²) < 4.78 is 0. The first-order valence-electron chi connectivity index (χ1n) is 9.21. The van der Waals surface area contributed by atoms with Gasteiger partial charge in [0, 0.05) is 16.8 Å². The number of anilines is 2. The number of fused-ring (bicyclic) bond motifs is 1. The van der Waals surface area contributed by atoms with Crippen LogP contribution in [0.4, 0.5) is 11.4 Å². The van der Waals surface area contributed by atoms with Crippen molar-refractivity contribution in [2.45, 2.75) is 45.4 Å². The van der Waals surface area contributed by atoms with E-state index >= 15 is 0 Å². The SMILES string of the molecule is CCCCCCCc1ccccc1Nc1cccc2ccccc12. The molecule has 0 fully saturated rings. The zero-order chi connectivity index (χ0) is 16.6. The Morgan fingerprint density at radius 3 is 2.29 bits per heavy atom. The minimum atomic E-state index is 1.15. The predicted octanol–water partition coefficient (Wildman–Crippen LogP) is 7.10. The van der Waals surface area contributed by atoms with Gasteiger partial charge < -0.3 is 5.32 Å². The lowest BCUT2D eigenvalue weighted by molar-refractivity contribution is 0.632. The lowest BCUT2D eigenvalue weighted by Gasteiger charge is -2.14. The molecule has 1 N–H and O–H groups in total. The number of para-hydroxylation sites is 1. The Hall–Kier alpha value is -2.28. The molecule has 0 atom stereocenters. The zero-order valence-electron chi connectivity index (χ0n) is 14.6. The first-order chi connectivity index (χ1) is 11.9. The quantitative estimate of drug-likeness (QED) is 0.437. The van der Waals surface area contributed by atoms with E-state index in [4.69, 9.17) is 0 Å². The average molecular weight is 317 g/mol. The van der Waals surface area contributed by atoms with Crippen LogP contribution >= 0.6 is 0 Å². The highest BCUT2D eigenvalue weighted by Crippen LogP contribution is 2.28. The Bertz CT molecular complexity index is 770. The highest BCUT2D eigenvalue weighted by atomic mass is 14.9. The molecule has 0 heterocycles. The van der Waals surface area contributed by atoms with Gasteiger partial charge >= 0.3 is 0 Å². The molecule has 0 saturated heterocycles. The number of rotatable bonds is 8. The van der Waals surface area contributed by atoms with Gasteiger partial charge in [-0.15, -0.1) is 0 Å². The summed E-state index contributed by atoms with van der Waals surface area (Å²) in [6.45, 7) is 2.27. The summed E-state index contributed by atoms with van der Waals surface area (Å²) in [5.74, 6) is 0. The van der Waals surface area contributed by atoms with Crippen LogP contribution in [-0.2, 0) is 6.42 Å². The zero-order valence-corrected chi connectivity index (χ0v) is 14.6. The second-order valence-corrected chi connectivity index (χ2v) is 6.47. The molecule has 24 heavy (non-hydrogen) atoms. The Kier molecular flexibility index (Phi) is 5.90. The van der Waals surface area contributed by atoms with Crippen LogP contribution in [0.5, 0.6) is 0 Å². The van der Waals surface area contributed by atoms with E-state index in [1.807, 2.05) is 0 Å². The molecule has 0 bridgehead atoms. The molecule has 0 amide bonds. The van der Waals surface area contributed by atoms with Gasteiger partial charge in [0.15, 0.2) is 0 Å². The van der Waals surface area contributed by atoms with Crippen molar-refractivity contribution in [1.29, 1.82) is 0 Å². The first-order valence-corrected chi connectivity index (χ1v) is 9.21. The van der Waals surface area contributed by atoms with Crippen molar-refractivity contribution in [3.05, 3.63) is 72.3 Å². The van der Waals surface area contributed by atoms with Crippen LogP contribution in [0.2, 0.25) is 0 Å². The first kappa shape index (κ1) is 16.6. The van der Waals surface area contributed by atoms with Crippen LogP contribution in [0.3, 0.4) is 0 Å². The summed E-state index contributed by atoms with van der Waals surface area (Å²) >= 11 is 0. The number of nitrogens with one attached hydrogen (secondary N) is 1. The Balaban J connectivity index is 1.75. The van der Waals surface area contributed by atoms with Crippen molar-refractivity contribution in [2.75, 3.05) is 5.32 Å². The molecule has 1 heteroatoms. The topological polar surface area (TPSA) is 12.0 Å². The van der Waals surface area contributed by atoms with E-state index < -0.39 is 0 Å². The molecule has 0 aromatic heterocycles. The monoisotopic (exact) mass is 317 g/mol. The average Bonchev–Trinajstić information content (AvgIpc) is 2.63. The largest absolute Gasteiger partial charge is 0.355 e. The van der Waals surface area contributed by atoms with Crippen LogP contribution in [0.15, 0.2) is 66.7 Å². The molecule has 3 rings (SSSR count). The molecular formula is C23H27N. The van der Waals surface area contributed by atoms with Crippen molar-refractivity contribution in [1.82, 2.24) is 0 Å². The van der Waals surface area contributed by atoms with E-state index in [0.29, 0.717) is 0 Å². The molecule has 0 spiro atoms. The standard InChI is InChI=1S/C23H27N/c1-2-3-4-5-6-13-20-14-8-10-17-22(20)24-23-18-11-15-19-12-7-9-16-21(19)23/h7-12,14-18,24H,2-6,13H2,1H3. The summed E-state index contributed by atoms with van der Waals surface area (Å²) in [6, 6.07) is 23.7. The minimum absolute atomic E-state index is 1.15. The summed E-state index contributed by atoms with van der Waals surface area (Å²) in [5, 5.41) is 6.22. The van der Waals surface area contributed by atoms with Crippen LogP contribution in [0.25, 0.3) is 10.8 Å². The fourth-order valence-electron chi connectivity index (χ4n) is 3.26.